The van der Waals surface area contributed by atoms with Crippen LogP contribution in [0.15, 0.2) is 48.9 Å². The van der Waals surface area contributed by atoms with Crippen molar-refractivity contribution < 1.29 is 23.1 Å². The Kier molecular flexibility index (Phi) is 8.14. The van der Waals surface area contributed by atoms with Gasteiger partial charge >= 0.3 is 210 Å². The average Bonchev–Trinajstić information content (AvgIpc) is 3.32. The molecule has 1 N–H and O–H groups in total. The first-order valence-electron chi connectivity index (χ1n) is 11.6. The van der Waals surface area contributed by atoms with E-state index in [9.17, 15) is 18.4 Å². The fourth-order valence-corrected chi connectivity index (χ4v) is 6.48. The molecule has 1 aromatic heterocycles. The summed E-state index contributed by atoms with van der Waals surface area (Å²) in [6.07, 6.45) is 6.85. The Morgan fingerprint density at radius 2 is 2.03 bits per heavy atom. The van der Waals surface area contributed by atoms with Crippen LogP contribution in [0, 0.1) is 11.6 Å². The first kappa shape index (κ1) is 25.3. The number of hydrogen-bond donors (Lipinski definition) is 1. The first-order valence-corrected chi connectivity index (χ1v) is 13.7. The van der Waals surface area contributed by atoms with Gasteiger partial charge in [-0.05, 0) is 0 Å². The molecule has 6 nitrogen and oxygen atoms in total. The Morgan fingerprint density at radius 3 is 2.74 bits per heavy atom. The summed E-state index contributed by atoms with van der Waals surface area (Å²) < 4.78 is 35.3. The maximum atomic E-state index is 14.3. The van der Waals surface area contributed by atoms with E-state index in [1.165, 1.54) is 13.2 Å². The van der Waals surface area contributed by atoms with Crippen LogP contribution in [-0.2, 0) is 22.4 Å². The molecule has 184 valence electrons. The molecule has 1 heterocycles. The number of nitrogens with one attached hydrogen (secondary N) is 1. The van der Waals surface area contributed by atoms with E-state index in [-0.39, 0.29) is 16.7 Å². The van der Waals surface area contributed by atoms with Gasteiger partial charge in [0.05, 0.1) is 0 Å². The summed E-state index contributed by atoms with van der Waals surface area (Å²) in [5, 5.41) is 3.46. The van der Waals surface area contributed by atoms with Crippen molar-refractivity contribution >= 4 is 30.8 Å². The minimum atomic E-state index is -1.16. The van der Waals surface area contributed by atoms with Gasteiger partial charge in [0.15, 0.2) is 0 Å². The number of aryl methyl sites for hydroxylation is 1. The molecule has 0 amide bonds. The molecule has 2 aromatic carbocycles. The molecule has 0 radical (unpaired) electrons. The molecule has 4 rings (SSSR count). The fraction of sp³-hybridized carbons (Fsp3) is 0.346. The molecule has 3 aromatic rings. The molecule has 0 saturated heterocycles. The van der Waals surface area contributed by atoms with Crippen molar-refractivity contribution in [3.63, 3.8) is 0 Å². The van der Waals surface area contributed by atoms with Crippen molar-refractivity contribution in [2.75, 3.05) is 7.11 Å². The van der Waals surface area contributed by atoms with Crippen molar-refractivity contribution in [1.29, 1.82) is 0 Å². The van der Waals surface area contributed by atoms with Crippen LogP contribution in [0.3, 0.4) is 0 Å². The van der Waals surface area contributed by atoms with Crippen LogP contribution in [0.1, 0.15) is 47.7 Å². The molecule has 0 fully saturated rings. The molecule has 0 aliphatic heterocycles. The predicted molar refractivity (Wildman–Crippen MR) is 131 cm³/mol. The molecular formula is C26H28AsF2N3O3. The number of fused-ring (bicyclic) bond motifs is 1. The monoisotopic (exact) mass is 543 g/mol. The first-order chi connectivity index (χ1) is 16.9. The number of benzene rings is 2. The molecule has 3 unspecified atom stereocenters. The van der Waals surface area contributed by atoms with Gasteiger partial charge in [-0.3, -0.25) is 0 Å². The number of halogens is 2. The maximum absolute atomic E-state index is 14.3. The van der Waals surface area contributed by atoms with Gasteiger partial charge in [-0.2, -0.15) is 0 Å². The Labute approximate surface area is 209 Å². The van der Waals surface area contributed by atoms with Crippen molar-refractivity contribution in [3.05, 3.63) is 77.2 Å². The Bertz CT molecular complexity index is 1210. The van der Waals surface area contributed by atoms with Crippen molar-refractivity contribution in [1.82, 2.24) is 14.9 Å². The van der Waals surface area contributed by atoms with Crippen molar-refractivity contribution in [3.8, 4) is 5.69 Å². The second kappa shape index (κ2) is 11.3. The quantitative estimate of drug-likeness (QED) is 0.332. The average molecular weight is 543 g/mol. The second-order valence-corrected chi connectivity index (χ2v) is 11.3. The summed E-state index contributed by atoms with van der Waals surface area (Å²) in [5.41, 5.74) is 2.56. The number of nitrogens with zero attached hydrogens (tertiary/aromatic N) is 2. The fourth-order valence-electron chi connectivity index (χ4n) is 4.42. The Balaban J connectivity index is 1.40. The number of carbonyl (C=O) groups is 2. The van der Waals surface area contributed by atoms with Gasteiger partial charge in [-0.25, -0.2) is 0 Å². The van der Waals surface area contributed by atoms with Crippen LogP contribution in [0.2, 0.25) is 0 Å². The summed E-state index contributed by atoms with van der Waals surface area (Å²) in [6, 6.07) is 8.97. The summed E-state index contributed by atoms with van der Waals surface area (Å²) >= 11 is -1.16. The molecule has 9 heteroatoms. The zero-order valence-corrected chi connectivity index (χ0v) is 21.8. The van der Waals surface area contributed by atoms with Crippen molar-refractivity contribution in [2.45, 2.75) is 51.1 Å². The van der Waals surface area contributed by atoms with Crippen LogP contribution in [0.5, 0.6) is 0 Å². The summed E-state index contributed by atoms with van der Waals surface area (Å²) in [6.45, 7) is 2.04. The van der Waals surface area contributed by atoms with E-state index >= 15 is 0 Å². The van der Waals surface area contributed by atoms with E-state index in [1.54, 1.807) is 30.6 Å². The van der Waals surface area contributed by atoms with Crippen LogP contribution < -0.4 is 9.80 Å². The molecule has 35 heavy (non-hydrogen) atoms. The number of rotatable bonds is 9. The number of hydrogen-bond acceptors (Lipinski definition) is 5. The normalized spacial score (nSPS) is 16.3. The van der Waals surface area contributed by atoms with Gasteiger partial charge in [0.25, 0.3) is 0 Å². The van der Waals surface area contributed by atoms with Gasteiger partial charge in [0.2, 0.25) is 0 Å². The van der Waals surface area contributed by atoms with Crippen LogP contribution >= 0.6 is 0 Å². The molecule has 1 aliphatic carbocycles. The van der Waals surface area contributed by atoms with Gasteiger partial charge < -0.3 is 0 Å². The van der Waals surface area contributed by atoms with Crippen molar-refractivity contribution in [2.24, 2.45) is 0 Å². The molecule has 0 spiro atoms. The zero-order valence-electron chi connectivity index (χ0n) is 19.7. The summed E-state index contributed by atoms with van der Waals surface area (Å²) in [5.74, 6) is -1.45. The number of esters is 1. The zero-order chi connectivity index (χ0) is 24.9. The minimum absolute atomic E-state index is 0.0274. The topological polar surface area (TPSA) is 73.2 Å². The number of carbonyl (C=O) groups excluding carboxylic acids is 2. The number of imidazole rings is 1. The van der Waals surface area contributed by atoms with Gasteiger partial charge in [-0.1, -0.05) is 0 Å². The third-order valence-corrected chi connectivity index (χ3v) is 8.54. The number of aromatic nitrogens is 2. The molecule has 3 atom stereocenters. The van der Waals surface area contributed by atoms with Crippen LogP contribution in [-0.4, -0.2) is 55.0 Å². The third kappa shape index (κ3) is 6.06. The molecule has 0 bridgehead atoms. The van der Waals surface area contributed by atoms with E-state index in [1.807, 2.05) is 17.7 Å². The van der Waals surface area contributed by atoms with Crippen LogP contribution in [0.25, 0.3) is 5.69 Å². The summed E-state index contributed by atoms with van der Waals surface area (Å²) in [7, 11) is 1.34. The van der Waals surface area contributed by atoms with E-state index in [4.69, 9.17) is 4.74 Å². The van der Waals surface area contributed by atoms with E-state index in [2.05, 4.69) is 10.3 Å². The number of methoxy groups -OCH3 is 1. The van der Waals surface area contributed by atoms with Gasteiger partial charge in [0.1, 0.15) is 0 Å². The van der Waals surface area contributed by atoms with E-state index in [0.717, 1.165) is 34.6 Å². The Hall–Kier alpha value is -2.83. The SMILES string of the molecule is CCCC(NC1CCc2cc(F)cc(F)c2C1)C(=O)[AsH]c1cn(-c2ccc(C(=O)OC)cc2)cn1. The molecule has 1 aliphatic rings. The van der Waals surface area contributed by atoms with Gasteiger partial charge in [-0.15, -0.1) is 0 Å². The molecular weight excluding hydrogens is 515 g/mol. The second-order valence-electron chi connectivity index (χ2n) is 8.67. The van der Waals surface area contributed by atoms with E-state index in [0.29, 0.717) is 30.4 Å². The number of ether oxygens (including phenoxy) is 1. The third-order valence-electron chi connectivity index (χ3n) is 6.22. The predicted octanol–water partition coefficient (Wildman–Crippen LogP) is 2.84. The Morgan fingerprint density at radius 1 is 1.26 bits per heavy atom. The van der Waals surface area contributed by atoms with Gasteiger partial charge in [0, 0.05) is 0 Å². The standard InChI is InChI=1S/C26H28AsF2N3O3/c1-3-4-23(31-19-8-5-17-11-18(28)12-22(29)21(17)13-19)25(33)27-24-14-32(15-30-24)20-9-6-16(7-10-20)26(34)35-2/h6-7,9-12,14-15,19,23,27,31H,3-5,8,13H2,1-2H3. The summed E-state index contributed by atoms with van der Waals surface area (Å²) in [4.78, 5) is 29.3. The van der Waals surface area contributed by atoms with E-state index < -0.39 is 33.4 Å². The molecule has 0 saturated carbocycles. The van der Waals surface area contributed by atoms with Crippen LogP contribution in [0.4, 0.5) is 8.78 Å².